The van der Waals surface area contributed by atoms with Gasteiger partial charge >= 0.3 is 0 Å². The van der Waals surface area contributed by atoms with Crippen LogP contribution in [-0.2, 0) is 10.8 Å². The molecule has 0 heterocycles. The first kappa shape index (κ1) is 45.5. The van der Waals surface area contributed by atoms with Crippen LogP contribution < -0.4 is 4.90 Å². The Morgan fingerprint density at radius 2 is 0.577 bits per heavy atom. The fraction of sp³-hybridized carbons (Fsp3) is 0.0395. The van der Waals surface area contributed by atoms with Crippen molar-refractivity contribution >= 4 is 22.8 Å². The van der Waals surface area contributed by atoms with Crippen LogP contribution in [0.2, 0.25) is 0 Å². The molecule has 12 aromatic rings. The van der Waals surface area contributed by atoms with Gasteiger partial charge in [-0.15, -0.1) is 0 Å². The van der Waals surface area contributed by atoms with E-state index in [0.717, 1.165) is 50.4 Å². The molecule has 0 amide bonds. The summed E-state index contributed by atoms with van der Waals surface area (Å²) in [5.74, 6) is 0.0354. The van der Waals surface area contributed by atoms with Crippen molar-refractivity contribution < 1.29 is 4.79 Å². The third kappa shape index (κ3) is 6.73. The molecule has 0 bridgehead atoms. The van der Waals surface area contributed by atoms with Crippen molar-refractivity contribution in [2.75, 3.05) is 4.90 Å². The Kier molecular flexibility index (Phi) is 10.6. The zero-order valence-electron chi connectivity index (χ0n) is 42.8. The van der Waals surface area contributed by atoms with Crippen molar-refractivity contribution in [1.29, 1.82) is 0 Å². The van der Waals surface area contributed by atoms with Crippen molar-refractivity contribution in [3.8, 4) is 33.4 Å². The maximum absolute atomic E-state index is 15.7. The van der Waals surface area contributed by atoms with E-state index in [1.165, 1.54) is 61.2 Å². The van der Waals surface area contributed by atoms with Gasteiger partial charge < -0.3 is 4.90 Å². The highest BCUT2D eigenvalue weighted by molar-refractivity contribution is 6.11. The van der Waals surface area contributed by atoms with Gasteiger partial charge in [-0.25, -0.2) is 0 Å². The number of anilines is 3. The number of carbonyl (C=O) groups is 1. The molecule has 0 aromatic heterocycles. The maximum atomic E-state index is 15.7. The Hall–Kier alpha value is -9.89. The number of rotatable bonds is 10. The molecular formula is C76H51NO. The summed E-state index contributed by atoms with van der Waals surface area (Å²) in [4.78, 5) is 18.1. The summed E-state index contributed by atoms with van der Waals surface area (Å²) in [6, 6.07) is 110. The van der Waals surface area contributed by atoms with Crippen molar-refractivity contribution in [3.05, 3.63) is 376 Å². The molecule has 0 radical (unpaired) electrons. The van der Waals surface area contributed by atoms with E-state index in [4.69, 9.17) is 0 Å². The van der Waals surface area contributed by atoms with Gasteiger partial charge in [-0.2, -0.15) is 0 Å². The van der Waals surface area contributed by atoms with Gasteiger partial charge in [0.1, 0.15) is 0 Å². The molecule has 0 aliphatic heterocycles. The standard InChI is InChI=1S/C76H51NO/c78-74(55-40-48-66-64-32-16-20-36-70(64)76(72(66)50-55)68-34-18-14-29-61(68)62-30-15-19-35-69(62)76)54-39-47-65-63-31-13-17-33-67(63)75(71(65)49-54,56-41-37-53(38-42-56)73(51-21-5-1-6-22-51)52-23-7-2-8-24-52)57-43-45-60(46-44-57)77(58-25-9-3-10-26-58)59-27-11-4-12-28-59/h1-50,73H. The predicted molar refractivity (Wildman–Crippen MR) is 318 cm³/mol. The second-order valence-electron chi connectivity index (χ2n) is 21.0. The zero-order chi connectivity index (χ0) is 51.8. The van der Waals surface area contributed by atoms with Gasteiger partial charge in [0.15, 0.2) is 5.78 Å². The molecular weight excluding hydrogens is 943 g/mol. The molecule has 3 aliphatic carbocycles. The molecule has 3 aliphatic rings. The molecule has 2 nitrogen and oxygen atoms in total. The van der Waals surface area contributed by atoms with E-state index < -0.39 is 10.8 Å². The molecule has 0 fully saturated rings. The largest absolute Gasteiger partial charge is 0.311 e. The topological polar surface area (TPSA) is 20.3 Å². The van der Waals surface area contributed by atoms with E-state index in [0.29, 0.717) is 11.1 Å². The molecule has 1 spiro atoms. The number of hydrogen-bond donors (Lipinski definition) is 0. The van der Waals surface area contributed by atoms with E-state index in [9.17, 15) is 0 Å². The van der Waals surface area contributed by atoms with Crippen molar-refractivity contribution in [2.45, 2.75) is 16.7 Å². The minimum atomic E-state index is -0.792. The Bertz CT molecular complexity index is 3990. The van der Waals surface area contributed by atoms with E-state index in [1.807, 2.05) is 0 Å². The first-order chi connectivity index (χ1) is 38.6. The highest BCUT2D eigenvalue weighted by Crippen LogP contribution is 2.63. The number of nitrogens with zero attached hydrogens (tertiary/aromatic N) is 1. The van der Waals surface area contributed by atoms with Crippen molar-refractivity contribution in [1.82, 2.24) is 0 Å². The SMILES string of the molecule is O=C(c1ccc2c(c1)C(c1ccc(C(c3ccccc3)c3ccccc3)cc1)(c1ccc(N(c3ccccc3)c3ccccc3)cc1)c1ccccc1-2)c1ccc2c(c1)C1(c3ccccc3-c3ccccc31)c1ccccc1-2. The predicted octanol–water partition coefficient (Wildman–Crippen LogP) is 18.3. The highest BCUT2D eigenvalue weighted by Gasteiger charge is 2.52. The molecule has 2 heteroatoms. The number of hydrogen-bond acceptors (Lipinski definition) is 2. The first-order valence-corrected chi connectivity index (χ1v) is 27.1. The van der Waals surface area contributed by atoms with Crippen LogP contribution in [0.3, 0.4) is 0 Å². The Morgan fingerprint density at radius 3 is 1.00 bits per heavy atom. The molecule has 0 saturated carbocycles. The molecule has 0 N–H and O–H groups in total. The normalized spacial score (nSPS) is 14.7. The monoisotopic (exact) mass is 993 g/mol. The van der Waals surface area contributed by atoms with Crippen LogP contribution in [-0.4, -0.2) is 5.78 Å². The number of para-hydroxylation sites is 2. The van der Waals surface area contributed by atoms with Crippen LogP contribution >= 0.6 is 0 Å². The van der Waals surface area contributed by atoms with Crippen LogP contribution in [0.1, 0.15) is 83.0 Å². The summed E-state index contributed by atoms with van der Waals surface area (Å²) in [5, 5.41) is 0. The van der Waals surface area contributed by atoms with Gasteiger partial charge in [0, 0.05) is 34.1 Å². The summed E-state index contributed by atoms with van der Waals surface area (Å²) >= 11 is 0. The first-order valence-electron chi connectivity index (χ1n) is 27.1. The molecule has 78 heavy (non-hydrogen) atoms. The smallest absolute Gasteiger partial charge is 0.193 e. The lowest BCUT2D eigenvalue weighted by Crippen LogP contribution is -2.29. The fourth-order valence-electron chi connectivity index (χ4n) is 13.9. The molecule has 1 atom stereocenters. The van der Waals surface area contributed by atoms with Gasteiger partial charge in [0.05, 0.1) is 10.8 Å². The lowest BCUT2D eigenvalue weighted by Gasteiger charge is -2.35. The van der Waals surface area contributed by atoms with Crippen LogP contribution in [0.4, 0.5) is 17.1 Å². The van der Waals surface area contributed by atoms with E-state index in [1.54, 1.807) is 0 Å². The number of ketones is 1. The minimum absolute atomic E-state index is 0.00301. The fourth-order valence-corrected chi connectivity index (χ4v) is 13.9. The molecule has 0 saturated heterocycles. The second kappa shape index (κ2) is 18.2. The summed E-state index contributed by atoms with van der Waals surface area (Å²) < 4.78 is 0. The minimum Gasteiger partial charge on any atom is -0.311 e. The third-order valence-electron chi connectivity index (χ3n) is 17.1. The number of benzene rings is 12. The number of fused-ring (bicyclic) bond motifs is 13. The Balaban J connectivity index is 0.916. The van der Waals surface area contributed by atoms with E-state index >= 15 is 4.79 Å². The number of carbonyl (C=O) groups excluding carboxylic acids is 1. The van der Waals surface area contributed by atoms with Gasteiger partial charge in [-0.1, -0.05) is 255 Å². The second-order valence-corrected chi connectivity index (χ2v) is 21.0. The van der Waals surface area contributed by atoms with Gasteiger partial charge in [0.2, 0.25) is 0 Å². The van der Waals surface area contributed by atoms with Crippen LogP contribution in [0.5, 0.6) is 0 Å². The quantitative estimate of drug-likeness (QED) is 0.101. The molecule has 366 valence electrons. The third-order valence-corrected chi connectivity index (χ3v) is 17.1. The summed E-state index contributed by atoms with van der Waals surface area (Å²) in [6.45, 7) is 0. The maximum Gasteiger partial charge on any atom is 0.193 e. The summed E-state index contributed by atoms with van der Waals surface area (Å²) in [5.41, 5.74) is 23.5. The molecule has 1 unspecified atom stereocenters. The lowest BCUT2D eigenvalue weighted by molar-refractivity contribution is 0.103. The summed E-state index contributed by atoms with van der Waals surface area (Å²) in [7, 11) is 0. The highest BCUT2D eigenvalue weighted by atomic mass is 16.1. The van der Waals surface area contributed by atoms with Crippen LogP contribution in [0.15, 0.2) is 303 Å². The Morgan fingerprint density at radius 1 is 0.269 bits per heavy atom. The Labute approximate surface area is 455 Å². The van der Waals surface area contributed by atoms with Gasteiger partial charge in [-0.05, 0) is 143 Å². The van der Waals surface area contributed by atoms with Gasteiger partial charge in [-0.3, -0.25) is 4.79 Å². The van der Waals surface area contributed by atoms with E-state index in [-0.39, 0.29) is 11.7 Å². The van der Waals surface area contributed by atoms with Gasteiger partial charge in [0.25, 0.3) is 0 Å². The lowest BCUT2D eigenvalue weighted by atomic mass is 9.67. The molecule has 15 rings (SSSR count). The average Bonchev–Trinajstić information content (AvgIpc) is 3.37. The summed E-state index contributed by atoms with van der Waals surface area (Å²) in [6.07, 6.45) is 0. The molecule has 12 aromatic carbocycles. The average molecular weight is 994 g/mol. The van der Waals surface area contributed by atoms with Crippen LogP contribution in [0.25, 0.3) is 33.4 Å². The zero-order valence-corrected chi connectivity index (χ0v) is 42.8. The van der Waals surface area contributed by atoms with Crippen molar-refractivity contribution in [2.24, 2.45) is 0 Å². The van der Waals surface area contributed by atoms with Crippen molar-refractivity contribution in [3.63, 3.8) is 0 Å². The van der Waals surface area contributed by atoms with Crippen LogP contribution in [0, 0.1) is 0 Å². The van der Waals surface area contributed by atoms with E-state index in [2.05, 4.69) is 308 Å².